The van der Waals surface area contributed by atoms with Crippen molar-refractivity contribution in [1.29, 1.82) is 0 Å². The molecule has 0 fully saturated rings. The number of pyridine rings is 2. The highest BCUT2D eigenvalue weighted by molar-refractivity contribution is 9.10. The Balaban J connectivity index is 2.12. The molecule has 3 nitrogen and oxygen atoms in total. The van der Waals surface area contributed by atoms with Gasteiger partial charge in [-0.2, -0.15) is 0 Å². The van der Waals surface area contributed by atoms with E-state index in [0.717, 1.165) is 27.5 Å². The second kappa shape index (κ2) is 7.76. The summed E-state index contributed by atoms with van der Waals surface area (Å²) in [6.07, 6.45) is 4.79. The van der Waals surface area contributed by atoms with E-state index in [4.69, 9.17) is 0 Å². The predicted molar refractivity (Wildman–Crippen MR) is 87.0 cm³/mol. The van der Waals surface area contributed by atoms with Crippen molar-refractivity contribution in [2.75, 3.05) is 6.54 Å². The minimum absolute atomic E-state index is 0.337. The van der Waals surface area contributed by atoms with Gasteiger partial charge in [0.25, 0.3) is 0 Å². The van der Waals surface area contributed by atoms with Crippen molar-refractivity contribution in [3.63, 3.8) is 0 Å². The minimum Gasteiger partial charge on any atom is -0.310 e. The summed E-state index contributed by atoms with van der Waals surface area (Å²) in [6.45, 7) is 5.38. The van der Waals surface area contributed by atoms with Crippen molar-refractivity contribution in [3.8, 4) is 0 Å². The molecule has 2 rings (SSSR count). The van der Waals surface area contributed by atoms with Gasteiger partial charge in [0.1, 0.15) is 10.1 Å². The van der Waals surface area contributed by atoms with Crippen molar-refractivity contribution in [1.82, 2.24) is 15.3 Å². The summed E-state index contributed by atoms with van der Waals surface area (Å²) in [5.41, 5.74) is 1.25. The molecule has 1 N–H and O–H groups in total. The van der Waals surface area contributed by atoms with Gasteiger partial charge in [-0.25, -0.2) is 9.97 Å². The summed E-state index contributed by atoms with van der Waals surface area (Å²) in [4.78, 5) is 8.77. The zero-order chi connectivity index (χ0) is 14.4. The summed E-state index contributed by atoms with van der Waals surface area (Å²) in [5, 5.41) is 5.39. The average molecular weight is 352 g/mol. The fourth-order valence-corrected chi connectivity index (χ4v) is 3.06. The number of hydrogen-bond acceptors (Lipinski definition) is 4. The third-order valence-electron chi connectivity index (χ3n) is 2.89. The molecule has 2 aromatic heterocycles. The lowest BCUT2D eigenvalue weighted by atomic mass is 10.1. The monoisotopic (exact) mass is 351 g/mol. The normalized spacial score (nSPS) is 12.3. The maximum absolute atomic E-state index is 4.41. The zero-order valence-corrected chi connectivity index (χ0v) is 14.0. The number of nitrogens with one attached hydrogen (secondary N) is 1. The largest absolute Gasteiger partial charge is 0.310 e. The lowest BCUT2D eigenvalue weighted by Gasteiger charge is -2.14. The first-order chi connectivity index (χ1) is 9.70. The molecule has 20 heavy (non-hydrogen) atoms. The van der Waals surface area contributed by atoms with Crippen LogP contribution in [0.25, 0.3) is 0 Å². The average Bonchev–Trinajstić information content (AvgIpc) is 2.47. The molecule has 0 spiro atoms. The zero-order valence-electron chi connectivity index (χ0n) is 11.6. The molecule has 0 bridgehead atoms. The van der Waals surface area contributed by atoms with Gasteiger partial charge in [-0.15, -0.1) is 0 Å². The summed E-state index contributed by atoms with van der Waals surface area (Å²) >= 11 is 5.08. The number of halogens is 1. The van der Waals surface area contributed by atoms with Crippen LogP contribution < -0.4 is 5.32 Å². The molecule has 0 aliphatic heterocycles. The Bertz CT molecular complexity index is 562. The molecule has 1 unspecified atom stereocenters. The molecular formula is C15H18BrN3S. The van der Waals surface area contributed by atoms with E-state index in [1.807, 2.05) is 18.3 Å². The summed E-state index contributed by atoms with van der Waals surface area (Å²) in [5.74, 6) is 0. The molecule has 0 aliphatic rings. The van der Waals surface area contributed by atoms with E-state index in [1.54, 1.807) is 18.0 Å². The standard InChI is InChI=1S/C15H18BrN3S/c1-3-7-17-11(2)12-6-9-18-14(10-12)20-15-13(16)5-4-8-19-15/h4-6,8-11,17H,3,7H2,1-2H3. The van der Waals surface area contributed by atoms with E-state index in [-0.39, 0.29) is 0 Å². The fourth-order valence-electron chi connectivity index (χ4n) is 1.77. The smallest absolute Gasteiger partial charge is 0.116 e. The lowest BCUT2D eigenvalue weighted by Crippen LogP contribution is -2.19. The van der Waals surface area contributed by atoms with Crippen LogP contribution in [-0.2, 0) is 0 Å². The predicted octanol–water partition coefficient (Wildman–Crippen LogP) is 4.45. The van der Waals surface area contributed by atoms with Crippen LogP contribution >= 0.6 is 27.7 Å². The van der Waals surface area contributed by atoms with Gasteiger partial charge >= 0.3 is 0 Å². The maximum Gasteiger partial charge on any atom is 0.116 e. The van der Waals surface area contributed by atoms with Crippen molar-refractivity contribution >= 4 is 27.7 Å². The first-order valence-corrected chi connectivity index (χ1v) is 8.29. The van der Waals surface area contributed by atoms with Gasteiger partial charge in [0, 0.05) is 18.4 Å². The van der Waals surface area contributed by atoms with Crippen LogP contribution in [0.1, 0.15) is 31.9 Å². The highest BCUT2D eigenvalue weighted by Gasteiger charge is 2.08. The fraction of sp³-hybridized carbons (Fsp3) is 0.333. The quantitative estimate of drug-likeness (QED) is 0.834. The lowest BCUT2D eigenvalue weighted by molar-refractivity contribution is 0.569. The molecular weight excluding hydrogens is 334 g/mol. The summed E-state index contributed by atoms with van der Waals surface area (Å²) < 4.78 is 0.995. The first kappa shape index (κ1) is 15.5. The van der Waals surface area contributed by atoms with E-state index in [0.29, 0.717) is 6.04 Å². The van der Waals surface area contributed by atoms with Gasteiger partial charge in [0.15, 0.2) is 0 Å². The molecule has 2 aromatic rings. The molecule has 0 aliphatic carbocycles. The third kappa shape index (κ3) is 4.30. The number of aromatic nitrogens is 2. The summed E-state index contributed by atoms with van der Waals surface area (Å²) in [6, 6.07) is 8.42. The van der Waals surface area contributed by atoms with Crippen molar-refractivity contribution in [2.45, 2.75) is 36.4 Å². The van der Waals surface area contributed by atoms with Gasteiger partial charge in [0.05, 0.1) is 4.47 Å². The number of nitrogens with zero attached hydrogens (tertiary/aromatic N) is 2. The van der Waals surface area contributed by atoms with Crippen LogP contribution in [0.3, 0.4) is 0 Å². The van der Waals surface area contributed by atoms with Crippen molar-refractivity contribution in [2.24, 2.45) is 0 Å². The number of rotatable bonds is 6. The molecule has 1 atom stereocenters. The first-order valence-electron chi connectivity index (χ1n) is 6.68. The van der Waals surface area contributed by atoms with Crippen LogP contribution in [0.5, 0.6) is 0 Å². The Kier molecular flexibility index (Phi) is 6.01. The molecule has 0 saturated carbocycles. The Labute approximate surface area is 132 Å². The van der Waals surface area contributed by atoms with Gasteiger partial charge < -0.3 is 5.32 Å². The summed E-state index contributed by atoms with van der Waals surface area (Å²) in [7, 11) is 0. The van der Waals surface area contributed by atoms with E-state index in [1.165, 1.54) is 5.56 Å². The minimum atomic E-state index is 0.337. The van der Waals surface area contributed by atoms with E-state index >= 15 is 0 Å². The van der Waals surface area contributed by atoms with Crippen LogP contribution in [0, 0.1) is 0 Å². The molecule has 0 saturated heterocycles. The molecule has 106 valence electrons. The number of hydrogen-bond donors (Lipinski definition) is 1. The molecule has 0 aromatic carbocycles. The molecule has 5 heteroatoms. The Morgan fingerprint density at radius 3 is 2.90 bits per heavy atom. The van der Waals surface area contributed by atoms with Gasteiger partial charge in [-0.3, -0.25) is 0 Å². The molecule has 2 heterocycles. The second-order valence-electron chi connectivity index (χ2n) is 4.50. The van der Waals surface area contributed by atoms with Crippen molar-refractivity contribution < 1.29 is 0 Å². The second-order valence-corrected chi connectivity index (χ2v) is 6.36. The Morgan fingerprint density at radius 1 is 1.30 bits per heavy atom. The van der Waals surface area contributed by atoms with Crippen LogP contribution in [0.15, 0.2) is 51.2 Å². The highest BCUT2D eigenvalue weighted by Crippen LogP contribution is 2.31. The van der Waals surface area contributed by atoms with E-state index in [9.17, 15) is 0 Å². The van der Waals surface area contributed by atoms with Crippen LogP contribution in [0.2, 0.25) is 0 Å². The van der Waals surface area contributed by atoms with Crippen LogP contribution in [0.4, 0.5) is 0 Å². The van der Waals surface area contributed by atoms with Crippen molar-refractivity contribution in [3.05, 3.63) is 46.7 Å². The van der Waals surface area contributed by atoms with Gasteiger partial charge in [-0.1, -0.05) is 6.92 Å². The van der Waals surface area contributed by atoms with E-state index in [2.05, 4.69) is 57.2 Å². The third-order valence-corrected chi connectivity index (χ3v) is 4.74. The van der Waals surface area contributed by atoms with E-state index < -0.39 is 0 Å². The maximum atomic E-state index is 4.41. The Morgan fingerprint density at radius 2 is 2.15 bits per heavy atom. The molecule has 0 amide bonds. The van der Waals surface area contributed by atoms with Gasteiger partial charge in [-0.05, 0) is 77.4 Å². The SMILES string of the molecule is CCCNC(C)c1ccnc(Sc2ncccc2Br)c1. The molecule has 0 radical (unpaired) electrons. The van der Waals surface area contributed by atoms with Gasteiger partial charge in [0.2, 0.25) is 0 Å². The van der Waals surface area contributed by atoms with Crippen LogP contribution in [-0.4, -0.2) is 16.5 Å². The topological polar surface area (TPSA) is 37.8 Å². The Hall–Kier alpha value is -0.910. The highest BCUT2D eigenvalue weighted by atomic mass is 79.9.